The SMILES string of the molecule is CC(N)C1CCN(C(C)S)CC1. The van der Waals surface area contributed by atoms with E-state index in [4.69, 9.17) is 5.73 Å². The van der Waals surface area contributed by atoms with Crippen molar-refractivity contribution < 1.29 is 0 Å². The van der Waals surface area contributed by atoms with E-state index in [-0.39, 0.29) is 0 Å². The summed E-state index contributed by atoms with van der Waals surface area (Å²) >= 11 is 4.42. The predicted molar refractivity (Wildman–Crippen MR) is 56.4 cm³/mol. The molecule has 2 nitrogen and oxygen atoms in total. The van der Waals surface area contributed by atoms with Crippen LogP contribution < -0.4 is 5.73 Å². The zero-order valence-electron chi connectivity index (χ0n) is 8.03. The first kappa shape index (κ1) is 10.4. The van der Waals surface area contributed by atoms with Gasteiger partial charge in [0.2, 0.25) is 0 Å². The molecule has 0 aromatic carbocycles. The van der Waals surface area contributed by atoms with Crippen molar-refractivity contribution in [2.45, 2.75) is 38.1 Å². The molecule has 1 rings (SSSR count). The highest BCUT2D eigenvalue weighted by Crippen LogP contribution is 2.21. The van der Waals surface area contributed by atoms with E-state index in [1.807, 2.05) is 0 Å². The highest BCUT2D eigenvalue weighted by Gasteiger charge is 2.22. The van der Waals surface area contributed by atoms with Crippen LogP contribution in [0.15, 0.2) is 0 Å². The fourth-order valence-electron chi connectivity index (χ4n) is 1.82. The molecule has 0 aromatic rings. The minimum atomic E-state index is 0.363. The van der Waals surface area contributed by atoms with E-state index in [9.17, 15) is 0 Å². The third-order valence-electron chi connectivity index (χ3n) is 2.85. The molecule has 2 atom stereocenters. The van der Waals surface area contributed by atoms with E-state index in [2.05, 4.69) is 31.4 Å². The Morgan fingerprint density at radius 2 is 1.83 bits per heavy atom. The number of hydrogen-bond acceptors (Lipinski definition) is 3. The van der Waals surface area contributed by atoms with Gasteiger partial charge in [0.1, 0.15) is 0 Å². The second-order valence-corrected chi connectivity index (χ2v) is 4.61. The van der Waals surface area contributed by atoms with Gasteiger partial charge in [0.05, 0.1) is 0 Å². The Hall–Kier alpha value is 0.270. The topological polar surface area (TPSA) is 29.3 Å². The number of hydrogen-bond donors (Lipinski definition) is 2. The first-order valence-corrected chi connectivity index (χ1v) is 5.30. The van der Waals surface area contributed by atoms with Crippen molar-refractivity contribution in [3.05, 3.63) is 0 Å². The lowest BCUT2D eigenvalue weighted by Crippen LogP contribution is -2.41. The molecule has 1 saturated heterocycles. The van der Waals surface area contributed by atoms with E-state index in [0.717, 1.165) is 19.0 Å². The molecule has 1 aliphatic rings. The number of piperidine rings is 1. The molecule has 0 saturated carbocycles. The second kappa shape index (κ2) is 4.49. The summed E-state index contributed by atoms with van der Waals surface area (Å²) in [7, 11) is 0. The molecule has 12 heavy (non-hydrogen) atoms. The van der Waals surface area contributed by atoms with Crippen LogP contribution in [0.2, 0.25) is 0 Å². The number of nitrogens with two attached hydrogens (primary N) is 1. The van der Waals surface area contributed by atoms with Crippen LogP contribution in [0.5, 0.6) is 0 Å². The molecule has 0 aliphatic carbocycles. The number of thiol groups is 1. The lowest BCUT2D eigenvalue weighted by atomic mass is 9.91. The largest absolute Gasteiger partial charge is 0.328 e. The Kier molecular flexibility index (Phi) is 3.87. The highest BCUT2D eigenvalue weighted by atomic mass is 32.1. The lowest BCUT2D eigenvalue weighted by Gasteiger charge is -2.35. The Morgan fingerprint density at radius 1 is 1.33 bits per heavy atom. The molecular weight excluding hydrogens is 168 g/mol. The molecule has 0 radical (unpaired) electrons. The molecular formula is C9H20N2S. The first-order valence-electron chi connectivity index (χ1n) is 4.79. The quantitative estimate of drug-likeness (QED) is 0.640. The smallest absolute Gasteiger partial charge is 0.0499 e. The van der Waals surface area contributed by atoms with Crippen molar-refractivity contribution in [2.24, 2.45) is 11.7 Å². The molecule has 2 unspecified atom stereocenters. The van der Waals surface area contributed by atoms with Crippen LogP contribution in [-0.4, -0.2) is 29.4 Å². The molecule has 0 spiro atoms. The summed E-state index contributed by atoms with van der Waals surface area (Å²) in [6.45, 7) is 6.58. The van der Waals surface area contributed by atoms with Crippen LogP contribution in [0.1, 0.15) is 26.7 Å². The normalized spacial score (nSPS) is 27.0. The van der Waals surface area contributed by atoms with Crippen LogP contribution >= 0.6 is 12.6 Å². The van der Waals surface area contributed by atoms with Crippen LogP contribution in [0.4, 0.5) is 0 Å². The molecule has 0 amide bonds. The summed E-state index contributed by atoms with van der Waals surface area (Å²) in [5, 5.41) is 0.402. The maximum Gasteiger partial charge on any atom is 0.0499 e. The van der Waals surface area contributed by atoms with E-state index in [1.165, 1.54) is 12.8 Å². The number of likely N-dealkylation sites (tertiary alicyclic amines) is 1. The van der Waals surface area contributed by atoms with Crippen molar-refractivity contribution >= 4 is 12.6 Å². The van der Waals surface area contributed by atoms with Gasteiger partial charge < -0.3 is 5.73 Å². The van der Waals surface area contributed by atoms with Crippen molar-refractivity contribution in [3.8, 4) is 0 Å². The van der Waals surface area contributed by atoms with Crippen molar-refractivity contribution in [1.29, 1.82) is 0 Å². The van der Waals surface area contributed by atoms with Gasteiger partial charge in [0.25, 0.3) is 0 Å². The van der Waals surface area contributed by atoms with Gasteiger partial charge in [-0.2, -0.15) is 12.6 Å². The summed E-state index contributed by atoms with van der Waals surface area (Å²) in [5.74, 6) is 0.730. The lowest BCUT2D eigenvalue weighted by molar-refractivity contribution is 0.168. The molecule has 0 bridgehead atoms. The van der Waals surface area contributed by atoms with Crippen molar-refractivity contribution in [2.75, 3.05) is 13.1 Å². The molecule has 3 heteroatoms. The van der Waals surface area contributed by atoms with Crippen LogP contribution in [0.25, 0.3) is 0 Å². The van der Waals surface area contributed by atoms with Crippen LogP contribution in [0.3, 0.4) is 0 Å². The standard InChI is InChI=1S/C9H20N2S/c1-7(10)9-3-5-11(6-4-9)8(2)12/h7-9,12H,3-6,10H2,1-2H3. The Labute approximate surface area is 80.9 Å². The first-order chi connectivity index (χ1) is 5.61. The van der Waals surface area contributed by atoms with Gasteiger partial charge in [-0.1, -0.05) is 0 Å². The van der Waals surface area contributed by atoms with Gasteiger partial charge in [0.15, 0.2) is 0 Å². The molecule has 0 aromatic heterocycles. The Bertz CT molecular complexity index is 112. The maximum atomic E-state index is 5.85. The zero-order valence-corrected chi connectivity index (χ0v) is 8.93. The average molecular weight is 188 g/mol. The third kappa shape index (κ3) is 2.64. The zero-order chi connectivity index (χ0) is 9.14. The van der Waals surface area contributed by atoms with Gasteiger partial charge in [-0.25, -0.2) is 0 Å². The second-order valence-electron chi connectivity index (χ2n) is 3.86. The monoisotopic (exact) mass is 188 g/mol. The number of rotatable bonds is 2. The predicted octanol–water partition coefficient (Wildman–Crippen LogP) is 1.32. The summed E-state index contributed by atoms with van der Waals surface area (Å²) in [6, 6.07) is 0.363. The molecule has 2 N–H and O–H groups in total. The summed E-state index contributed by atoms with van der Waals surface area (Å²) in [4.78, 5) is 2.40. The van der Waals surface area contributed by atoms with Gasteiger partial charge in [-0.15, -0.1) is 0 Å². The maximum absolute atomic E-state index is 5.85. The van der Waals surface area contributed by atoms with E-state index in [1.54, 1.807) is 0 Å². The summed E-state index contributed by atoms with van der Waals surface area (Å²) in [6.07, 6.45) is 2.48. The highest BCUT2D eigenvalue weighted by molar-refractivity contribution is 7.80. The molecule has 72 valence electrons. The Balaban J connectivity index is 2.30. The minimum absolute atomic E-state index is 0.363. The van der Waals surface area contributed by atoms with E-state index < -0.39 is 0 Å². The third-order valence-corrected chi connectivity index (χ3v) is 3.17. The average Bonchev–Trinajstić information content (AvgIpc) is 2.04. The molecule has 1 heterocycles. The van der Waals surface area contributed by atoms with Gasteiger partial charge in [0, 0.05) is 11.4 Å². The van der Waals surface area contributed by atoms with Crippen molar-refractivity contribution in [3.63, 3.8) is 0 Å². The van der Waals surface area contributed by atoms with Gasteiger partial charge in [-0.05, 0) is 45.7 Å². The van der Waals surface area contributed by atoms with E-state index in [0.29, 0.717) is 11.4 Å². The van der Waals surface area contributed by atoms with Gasteiger partial charge in [-0.3, -0.25) is 4.90 Å². The minimum Gasteiger partial charge on any atom is -0.328 e. The fraction of sp³-hybridized carbons (Fsp3) is 1.00. The van der Waals surface area contributed by atoms with Crippen LogP contribution in [-0.2, 0) is 0 Å². The summed E-state index contributed by atoms with van der Waals surface area (Å²) < 4.78 is 0. The summed E-state index contributed by atoms with van der Waals surface area (Å²) in [5.41, 5.74) is 5.85. The van der Waals surface area contributed by atoms with Crippen molar-refractivity contribution in [1.82, 2.24) is 4.90 Å². The van der Waals surface area contributed by atoms with Crippen LogP contribution in [0, 0.1) is 5.92 Å². The van der Waals surface area contributed by atoms with E-state index >= 15 is 0 Å². The Morgan fingerprint density at radius 3 is 2.17 bits per heavy atom. The molecule has 1 aliphatic heterocycles. The molecule has 1 fully saturated rings. The number of nitrogens with zero attached hydrogens (tertiary/aromatic N) is 1. The van der Waals surface area contributed by atoms with Gasteiger partial charge >= 0.3 is 0 Å². The fourth-order valence-corrected chi connectivity index (χ4v) is 2.05.